The molecule has 1 aliphatic heterocycles. The maximum atomic E-state index is 14.3. The lowest BCUT2D eigenvalue weighted by Gasteiger charge is -2.27. The van der Waals surface area contributed by atoms with Crippen molar-refractivity contribution in [3.8, 4) is 0 Å². The summed E-state index contributed by atoms with van der Waals surface area (Å²) in [7, 11) is 3.73. The summed E-state index contributed by atoms with van der Waals surface area (Å²) >= 11 is 1.78. The van der Waals surface area contributed by atoms with Gasteiger partial charge in [-0.25, -0.2) is 9.38 Å². The molecule has 6 heteroatoms. The number of halogens is 1. The van der Waals surface area contributed by atoms with Crippen LogP contribution in [0, 0.1) is 6.92 Å². The molecule has 0 fully saturated rings. The van der Waals surface area contributed by atoms with Gasteiger partial charge in [0.15, 0.2) is 0 Å². The van der Waals surface area contributed by atoms with Crippen LogP contribution in [-0.2, 0) is 0 Å². The quantitative estimate of drug-likeness (QED) is 0.595. The molecule has 0 saturated heterocycles. The second-order valence-corrected chi connectivity index (χ2v) is 7.46. The minimum absolute atomic E-state index is 0.389. The normalized spacial score (nSPS) is 17.2. The van der Waals surface area contributed by atoms with Crippen LogP contribution in [0.4, 0.5) is 15.8 Å². The highest BCUT2D eigenvalue weighted by atomic mass is 32.1. The zero-order valence-corrected chi connectivity index (χ0v) is 16.9. The number of aryl methyl sites for hydroxylation is 1. The van der Waals surface area contributed by atoms with Crippen molar-refractivity contribution in [2.75, 3.05) is 32.5 Å². The van der Waals surface area contributed by atoms with E-state index in [9.17, 15) is 4.39 Å². The van der Waals surface area contributed by atoms with Crippen LogP contribution in [-0.4, -0.2) is 44.6 Å². The fourth-order valence-corrected chi connectivity index (χ4v) is 3.35. The molecule has 1 aromatic carbocycles. The summed E-state index contributed by atoms with van der Waals surface area (Å²) in [5.41, 5.74) is 9.13. The lowest BCUT2D eigenvalue weighted by atomic mass is 9.92. The van der Waals surface area contributed by atoms with Crippen LogP contribution in [0.1, 0.15) is 10.4 Å². The highest BCUT2D eigenvalue weighted by Gasteiger charge is 2.23. The third-order valence-electron chi connectivity index (χ3n) is 4.27. The monoisotopic (exact) mass is 386 g/mol. The summed E-state index contributed by atoms with van der Waals surface area (Å²) in [5, 5.41) is 5.18. The Kier molecular flexibility index (Phi) is 7.76. The molecular formula is C21H27FN4S. The van der Waals surface area contributed by atoms with Crippen molar-refractivity contribution >= 4 is 34.6 Å². The van der Waals surface area contributed by atoms with E-state index in [2.05, 4.69) is 41.3 Å². The Morgan fingerprint density at radius 2 is 2.22 bits per heavy atom. The number of nitrogens with zero attached hydrogens (tertiary/aromatic N) is 2. The molecule has 0 aliphatic carbocycles. The molecule has 0 spiro atoms. The van der Waals surface area contributed by atoms with Crippen molar-refractivity contribution in [2.45, 2.75) is 13.1 Å². The first-order valence-corrected chi connectivity index (χ1v) is 9.62. The molecular weight excluding hydrogens is 359 g/mol. The van der Waals surface area contributed by atoms with Gasteiger partial charge in [-0.1, -0.05) is 18.7 Å². The Balaban J connectivity index is 0.000000369. The maximum Gasteiger partial charge on any atom is 0.138 e. The molecule has 1 unspecified atom stereocenters. The van der Waals surface area contributed by atoms with Gasteiger partial charge in [-0.05, 0) is 54.8 Å². The second kappa shape index (κ2) is 10.0. The standard InChI is InChI=1S/C16H21FN4.C5H6S/c1-11(13-6-7-21(3)9-15(13)17)14-8-12(20-10-18)4-5-16(14)19-2;1-5-3-2-4-6-5/h4-6,8,10,15,19H,1,7,9H2,2-3H3,(H2,18,20);2-4H,1H3. The van der Waals surface area contributed by atoms with Gasteiger partial charge in [0, 0.05) is 36.3 Å². The summed E-state index contributed by atoms with van der Waals surface area (Å²) in [5.74, 6) is 0. The van der Waals surface area contributed by atoms with E-state index >= 15 is 0 Å². The number of thiophene rings is 1. The minimum Gasteiger partial charge on any atom is -0.390 e. The minimum atomic E-state index is -1.03. The van der Waals surface area contributed by atoms with Crippen LogP contribution in [0.5, 0.6) is 0 Å². The van der Waals surface area contributed by atoms with Gasteiger partial charge in [0.1, 0.15) is 6.17 Å². The summed E-state index contributed by atoms with van der Waals surface area (Å²) in [6.07, 6.45) is 2.12. The smallest absolute Gasteiger partial charge is 0.138 e. The summed E-state index contributed by atoms with van der Waals surface area (Å²) < 4.78 is 14.3. The van der Waals surface area contributed by atoms with Crippen LogP contribution >= 0.6 is 11.3 Å². The van der Waals surface area contributed by atoms with Crippen LogP contribution in [0.3, 0.4) is 0 Å². The Bertz CT molecular complexity index is 812. The molecule has 0 amide bonds. The molecule has 2 heterocycles. The maximum absolute atomic E-state index is 14.3. The topological polar surface area (TPSA) is 53.6 Å². The zero-order chi connectivity index (χ0) is 19.8. The van der Waals surface area contributed by atoms with E-state index in [-0.39, 0.29) is 0 Å². The molecule has 0 saturated carbocycles. The van der Waals surface area contributed by atoms with Crippen LogP contribution in [0.25, 0.3) is 5.57 Å². The van der Waals surface area contributed by atoms with Gasteiger partial charge in [0.05, 0.1) is 12.0 Å². The van der Waals surface area contributed by atoms with Gasteiger partial charge < -0.3 is 11.1 Å². The van der Waals surface area contributed by atoms with E-state index in [1.54, 1.807) is 11.3 Å². The number of rotatable bonds is 4. The molecule has 2 aromatic rings. The summed E-state index contributed by atoms with van der Waals surface area (Å²) in [6, 6.07) is 9.77. The lowest BCUT2D eigenvalue weighted by Crippen LogP contribution is -2.33. The molecule has 1 aliphatic rings. The third kappa shape index (κ3) is 5.77. The van der Waals surface area contributed by atoms with E-state index < -0.39 is 6.17 Å². The molecule has 1 aromatic heterocycles. The number of aliphatic imine (C=N–C) groups is 1. The molecule has 1 atom stereocenters. The zero-order valence-electron chi connectivity index (χ0n) is 16.1. The molecule has 0 bridgehead atoms. The van der Waals surface area contributed by atoms with Crippen molar-refractivity contribution in [1.29, 1.82) is 0 Å². The van der Waals surface area contributed by atoms with E-state index in [1.165, 1.54) is 11.2 Å². The first kappa shape index (κ1) is 20.9. The molecule has 4 nitrogen and oxygen atoms in total. The highest BCUT2D eigenvalue weighted by Crippen LogP contribution is 2.34. The number of nitrogens with one attached hydrogen (secondary N) is 1. The Labute approximate surface area is 164 Å². The Morgan fingerprint density at radius 3 is 2.74 bits per heavy atom. The van der Waals surface area contributed by atoms with Crippen molar-refractivity contribution < 1.29 is 4.39 Å². The molecule has 0 radical (unpaired) electrons. The predicted molar refractivity (Wildman–Crippen MR) is 117 cm³/mol. The molecule has 27 heavy (non-hydrogen) atoms. The SMILES string of the molecule is C=C(C1=CCN(C)CC1F)c1cc(N=CN)ccc1NC.Cc1cccs1. The van der Waals surface area contributed by atoms with Gasteiger partial charge in [-0.3, -0.25) is 4.90 Å². The second-order valence-electron chi connectivity index (χ2n) is 6.31. The molecule has 144 valence electrons. The number of hydrogen-bond acceptors (Lipinski definition) is 4. The summed E-state index contributed by atoms with van der Waals surface area (Å²) in [4.78, 5) is 7.39. The van der Waals surface area contributed by atoms with Crippen LogP contribution < -0.4 is 11.1 Å². The average Bonchev–Trinajstić information content (AvgIpc) is 3.13. The van der Waals surface area contributed by atoms with Gasteiger partial charge >= 0.3 is 0 Å². The lowest BCUT2D eigenvalue weighted by molar-refractivity contribution is 0.249. The van der Waals surface area contributed by atoms with Gasteiger partial charge in [0.25, 0.3) is 0 Å². The number of nitrogens with two attached hydrogens (primary N) is 1. The molecule has 3 N–H and O–H groups in total. The fourth-order valence-electron chi connectivity index (χ4n) is 2.82. The fraction of sp³-hybridized carbons (Fsp3) is 0.286. The first-order valence-electron chi connectivity index (χ1n) is 8.74. The number of hydrogen-bond donors (Lipinski definition) is 2. The Hall–Kier alpha value is -2.44. The van der Waals surface area contributed by atoms with E-state index in [4.69, 9.17) is 5.73 Å². The van der Waals surface area contributed by atoms with Crippen molar-refractivity contribution in [2.24, 2.45) is 10.7 Å². The third-order valence-corrected chi connectivity index (χ3v) is 5.07. The number of likely N-dealkylation sites (N-methyl/N-ethyl adjacent to an activating group) is 1. The van der Waals surface area contributed by atoms with Gasteiger partial charge in [0.2, 0.25) is 0 Å². The highest BCUT2D eigenvalue weighted by molar-refractivity contribution is 7.09. The van der Waals surface area contributed by atoms with E-state index in [0.717, 1.165) is 23.5 Å². The Morgan fingerprint density at radius 1 is 1.44 bits per heavy atom. The van der Waals surface area contributed by atoms with Gasteiger partial charge in [-0.15, -0.1) is 11.3 Å². The predicted octanol–water partition coefficient (Wildman–Crippen LogP) is 4.63. The average molecular weight is 387 g/mol. The first-order chi connectivity index (χ1) is 13.0. The summed E-state index contributed by atoms with van der Waals surface area (Å²) in [6.45, 7) is 7.30. The molecule has 3 rings (SSSR count). The number of benzene rings is 1. The van der Waals surface area contributed by atoms with Crippen molar-refractivity contribution in [3.63, 3.8) is 0 Å². The van der Waals surface area contributed by atoms with E-state index in [0.29, 0.717) is 17.7 Å². The van der Waals surface area contributed by atoms with Crippen molar-refractivity contribution in [1.82, 2.24) is 4.90 Å². The number of alkyl halides is 1. The number of anilines is 1. The van der Waals surface area contributed by atoms with Crippen LogP contribution in [0.15, 0.2) is 58.9 Å². The van der Waals surface area contributed by atoms with Gasteiger partial charge in [-0.2, -0.15) is 0 Å². The van der Waals surface area contributed by atoms with E-state index in [1.807, 2.05) is 43.3 Å². The largest absolute Gasteiger partial charge is 0.390 e. The van der Waals surface area contributed by atoms with Crippen LogP contribution in [0.2, 0.25) is 0 Å². The van der Waals surface area contributed by atoms with Crippen molar-refractivity contribution in [3.05, 3.63) is 64.4 Å². The number of allylic oxidation sites excluding steroid dienone is 1.